The van der Waals surface area contributed by atoms with Gasteiger partial charge >= 0.3 is 0 Å². The number of hydrogen-bond acceptors (Lipinski definition) is 3. The van der Waals surface area contributed by atoms with Crippen molar-refractivity contribution in [1.82, 2.24) is 0 Å². The molecule has 4 heteroatoms. The van der Waals surface area contributed by atoms with Crippen LogP contribution in [0.2, 0.25) is 0 Å². The van der Waals surface area contributed by atoms with E-state index >= 15 is 0 Å². The van der Waals surface area contributed by atoms with Crippen LogP contribution in [0.25, 0.3) is 0 Å². The summed E-state index contributed by atoms with van der Waals surface area (Å²) in [7, 11) is -1.43. The molecule has 0 aliphatic rings. The van der Waals surface area contributed by atoms with Crippen molar-refractivity contribution in [3.8, 4) is 5.75 Å². The lowest BCUT2D eigenvalue weighted by atomic mass is 10.2. The molecule has 0 spiro atoms. The number of ether oxygens (including phenoxy) is 1. The smallest absolute Gasteiger partial charge is 0.156 e. The molecule has 0 bridgehead atoms. The first-order valence-electron chi connectivity index (χ1n) is 4.80. The number of rotatable bonds is 4. The highest BCUT2D eigenvalue weighted by Gasteiger charge is 2.16. The number of methoxy groups -OCH3 is 1. The molecule has 84 valence electrons. The maximum absolute atomic E-state index is 11.6. The predicted molar refractivity (Wildman–Crippen MR) is 60.8 cm³/mol. The van der Waals surface area contributed by atoms with Gasteiger partial charge in [0, 0.05) is 0 Å². The summed E-state index contributed by atoms with van der Waals surface area (Å²) in [5, 5.41) is -0.334. The highest BCUT2D eigenvalue weighted by atomic mass is 32.2. The Kier molecular flexibility index (Phi) is 3.74. The molecule has 0 unspecified atom stereocenters. The molecule has 0 heterocycles. The van der Waals surface area contributed by atoms with E-state index in [1.807, 2.05) is 0 Å². The quantitative estimate of drug-likeness (QED) is 0.792. The second-order valence-corrected chi connectivity index (χ2v) is 6.26. The van der Waals surface area contributed by atoms with Crippen LogP contribution in [0, 0.1) is 0 Å². The van der Waals surface area contributed by atoms with Gasteiger partial charge in [0.15, 0.2) is 9.84 Å². The van der Waals surface area contributed by atoms with Crippen molar-refractivity contribution in [1.29, 1.82) is 0 Å². The fourth-order valence-electron chi connectivity index (χ4n) is 1.12. The van der Waals surface area contributed by atoms with Gasteiger partial charge in [0.2, 0.25) is 0 Å². The van der Waals surface area contributed by atoms with Crippen molar-refractivity contribution in [2.75, 3.05) is 7.11 Å². The maximum Gasteiger partial charge on any atom is 0.156 e. The van der Waals surface area contributed by atoms with Crippen molar-refractivity contribution in [3.05, 3.63) is 29.8 Å². The molecule has 0 fully saturated rings. The number of sulfone groups is 1. The minimum Gasteiger partial charge on any atom is -0.497 e. The SMILES string of the molecule is COc1ccc(CS(=O)(=O)C(C)C)cc1. The molecule has 1 aromatic carbocycles. The summed E-state index contributed by atoms with van der Waals surface area (Å²) in [6, 6.07) is 7.09. The molecule has 0 saturated heterocycles. The molecule has 0 aromatic heterocycles. The first kappa shape index (κ1) is 12.0. The van der Waals surface area contributed by atoms with Crippen LogP contribution >= 0.6 is 0 Å². The molecule has 0 amide bonds. The van der Waals surface area contributed by atoms with Gasteiger partial charge in [0.1, 0.15) is 5.75 Å². The van der Waals surface area contributed by atoms with Crippen molar-refractivity contribution >= 4 is 9.84 Å². The lowest BCUT2D eigenvalue weighted by Gasteiger charge is -2.08. The molecular weight excluding hydrogens is 212 g/mol. The minimum atomic E-state index is -3.01. The lowest BCUT2D eigenvalue weighted by molar-refractivity contribution is 0.414. The third kappa shape index (κ3) is 3.23. The van der Waals surface area contributed by atoms with E-state index in [9.17, 15) is 8.42 Å². The Morgan fingerprint density at radius 1 is 1.20 bits per heavy atom. The van der Waals surface area contributed by atoms with Crippen molar-refractivity contribution in [2.45, 2.75) is 24.9 Å². The summed E-state index contributed by atoms with van der Waals surface area (Å²) in [6.07, 6.45) is 0. The summed E-state index contributed by atoms with van der Waals surface area (Å²) >= 11 is 0. The average molecular weight is 228 g/mol. The van der Waals surface area contributed by atoms with Crippen LogP contribution in [0.1, 0.15) is 19.4 Å². The minimum absolute atomic E-state index is 0.0919. The first-order chi connectivity index (χ1) is 6.95. The van der Waals surface area contributed by atoms with Crippen molar-refractivity contribution in [2.24, 2.45) is 0 Å². The topological polar surface area (TPSA) is 43.4 Å². The second kappa shape index (κ2) is 4.66. The van der Waals surface area contributed by atoms with E-state index in [1.54, 1.807) is 45.2 Å². The Hall–Kier alpha value is -1.03. The number of benzene rings is 1. The zero-order valence-corrected chi connectivity index (χ0v) is 10.0. The summed E-state index contributed by atoms with van der Waals surface area (Å²) in [5.41, 5.74) is 0.796. The van der Waals surface area contributed by atoms with Crippen LogP contribution in [-0.4, -0.2) is 20.8 Å². The van der Waals surface area contributed by atoms with Crippen LogP contribution in [0.5, 0.6) is 5.75 Å². The predicted octanol–water partition coefficient (Wildman–Crippen LogP) is 2.02. The Balaban J connectivity index is 2.82. The number of hydrogen-bond donors (Lipinski definition) is 0. The van der Waals surface area contributed by atoms with E-state index in [2.05, 4.69) is 0 Å². The average Bonchev–Trinajstić information content (AvgIpc) is 2.18. The highest BCUT2D eigenvalue weighted by molar-refractivity contribution is 7.91. The fourth-order valence-corrected chi connectivity index (χ4v) is 2.11. The van der Waals surface area contributed by atoms with Gasteiger partial charge in [0.05, 0.1) is 18.1 Å². The van der Waals surface area contributed by atoms with E-state index < -0.39 is 9.84 Å². The summed E-state index contributed by atoms with van der Waals surface area (Å²) < 4.78 is 28.2. The molecule has 0 aliphatic carbocycles. The molecule has 15 heavy (non-hydrogen) atoms. The second-order valence-electron chi connectivity index (χ2n) is 3.70. The first-order valence-corrected chi connectivity index (χ1v) is 6.52. The zero-order chi connectivity index (χ0) is 11.5. The zero-order valence-electron chi connectivity index (χ0n) is 9.23. The summed E-state index contributed by atoms with van der Waals surface area (Å²) in [4.78, 5) is 0. The lowest BCUT2D eigenvalue weighted by Crippen LogP contribution is -2.15. The van der Waals surface area contributed by atoms with E-state index in [1.165, 1.54) is 0 Å². The molecule has 0 aliphatic heterocycles. The van der Waals surface area contributed by atoms with Gasteiger partial charge in [0.25, 0.3) is 0 Å². The van der Waals surface area contributed by atoms with Crippen molar-refractivity contribution in [3.63, 3.8) is 0 Å². The Morgan fingerprint density at radius 2 is 1.73 bits per heavy atom. The van der Waals surface area contributed by atoms with Gasteiger partial charge in [-0.15, -0.1) is 0 Å². The Labute approximate surface area is 91.0 Å². The standard InChI is InChI=1S/C11H16O3S/c1-9(2)15(12,13)8-10-4-6-11(14-3)7-5-10/h4-7,9H,8H2,1-3H3. The van der Waals surface area contributed by atoms with Crippen molar-refractivity contribution < 1.29 is 13.2 Å². The van der Waals surface area contributed by atoms with E-state index in [4.69, 9.17) is 4.74 Å². The van der Waals surface area contributed by atoms with E-state index in [0.717, 1.165) is 11.3 Å². The van der Waals surface area contributed by atoms with Crippen LogP contribution < -0.4 is 4.74 Å². The summed E-state index contributed by atoms with van der Waals surface area (Å²) in [5.74, 6) is 0.829. The molecular formula is C11H16O3S. The third-order valence-electron chi connectivity index (χ3n) is 2.25. The molecule has 0 radical (unpaired) electrons. The van der Waals surface area contributed by atoms with E-state index in [0.29, 0.717) is 0 Å². The Bertz CT molecular complexity index is 404. The highest BCUT2D eigenvalue weighted by Crippen LogP contribution is 2.15. The maximum atomic E-state index is 11.6. The molecule has 0 N–H and O–H groups in total. The van der Waals surface area contributed by atoms with Crippen LogP contribution in [-0.2, 0) is 15.6 Å². The monoisotopic (exact) mass is 228 g/mol. The molecule has 0 saturated carbocycles. The van der Waals surface area contributed by atoms with Crippen LogP contribution in [0.3, 0.4) is 0 Å². The normalized spacial score (nSPS) is 11.7. The van der Waals surface area contributed by atoms with Gasteiger partial charge in [-0.2, -0.15) is 0 Å². The molecule has 1 aromatic rings. The largest absolute Gasteiger partial charge is 0.497 e. The molecule has 0 atom stereocenters. The van der Waals surface area contributed by atoms with Gasteiger partial charge in [-0.1, -0.05) is 12.1 Å². The van der Waals surface area contributed by atoms with Gasteiger partial charge < -0.3 is 4.74 Å². The summed E-state index contributed by atoms with van der Waals surface area (Å²) in [6.45, 7) is 3.39. The van der Waals surface area contributed by atoms with Gasteiger partial charge in [-0.05, 0) is 31.5 Å². The van der Waals surface area contributed by atoms with Gasteiger partial charge in [-0.25, -0.2) is 8.42 Å². The van der Waals surface area contributed by atoms with Crippen LogP contribution in [0.15, 0.2) is 24.3 Å². The van der Waals surface area contributed by atoms with Gasteiger partial charge in [-0.3, -0.25) is 0 Å². The van der Waals surface area contributed by atoms with E-state index in [-0.39, 0.29) is 11.0 Å². The third-order valence-corrected chi connectivity index (χ3v) is 4.42. The molecule has 1 rings (SSSR count). The fraction of sp³-hybridized carbons (Fsp3) is 0.455. The Morgan fingerprint density at radius 3 is 2.13 bits per heavy atom. The van der Waals surface area contributed by atoms with Crippen LogP contribution in [0.4, 0.5) is 0 Å². The molecule has 3 nitrogen and oxygen atoms in total.